The predicted octanol–water partition coefficient (Wildman–Crippen LogP) is 2.44. The summed E-state index contributed by atoms with van der Waals surface area (Å²) in [4.78, 5) is 0. The molecule has 66 valence electrons. The highest BCUT2D eigenvalue weighted by atomic mass is 14.8. The third kappa shape index (κ3) is 5.02. The van der Waals surface area contributed by atoms with Crippen LogP contribution in [-0.4, -0.2) is 13.1 Å². The van der Waals surface area contributed by atoms with Crippen LogP contribution in [0.4, 0.5) is 0 Å². The van der Waals surface area contributed by atoms with Crippen molar-refractivity contribution in [2.45, 2.75) is 27.7 Å². The Kier molecular flexibility index (Phi) is 6.24. The van der Waals surface area contributed by atoms with Gasteiger partial charge in [0.05, 0.1) is 0 Å². The maximum atomic E-state index is 3.35. The average molecular weight is 155 g/mol. The van der Waals surface area contributed by atoms with Crippen LogP contribution in [0.2, 0.25) is 0 Å². The first-order valence-electron chi connectivity index (χ1n) is 4.55. The van der Waals surface area contributed by atoms with Crippen molar-refractivity contribution < 1.29 is 0 Å². The highest BCUT2D eigenvalue weighted by molar-refractivity contribution is 4.86. The van der Waals surface area contributed by atoms with Crippen LogP contribution in [0, 0.1) is 11.8 Å². The summed E-state index contributed by atoms with van der Waals surface area (Å²) in [5.74, 6) is 1.44. The van der Waals surface area contributed by atoms with E-state index in [2.05, 4.69) is 45.2 Å². The quantitative estimate of drug-likeness (QED) is 0.601. The zero-order chi connectivity index (χ0) is 8.69. The van der Waals surface area contributed by atoms with Crippen molar-refractivity contribution in [1.29, 1.82) is 0 Å². The van der Waals surface area contributed by atoms with E-state index < -0.39 is 0 Å². The molecule has 11 heavy (non-hydrogen) atoms. The normalized spacial score (nSPS) is 17.1. The maximum Gasteiger partial charge on any atom is -0.00177 e. The van der Waals surface area contributed by atoms with Crippen molar-refractivity contribution in [3.05, 3.63) is 12.2 Å². The molecule has 0 aromatic carbocycles. The number of hydrogen-bond donors (Lipinski definition) is 1. The van der Waals surface area contributed by atoms with Gasteiger partial charge in [-0.1, -0.05) is 32.9 Å². The second-order valence-corrected chi connectivity index (χ2v) is 3.17. The van der Waals surface area contributed by atoms with Gasteiger partial charge in [-0.15, -0.1) is 0 Å². The van der Waals surface area contributed by atoms with E-state index in [-0.39, 0.29) is 0 Å². The van der Waals surface area contributed by atoms with Gasteiger partial charge in [-0.05, 0) is 31.8 Å². The number of allylic oxidation sites excluding steroid dienone is 2. The Balaban J connectivity index is 3.54. The van der Waals surface area contributed by atoms with Gasteiger partial charge in [0.2, 0.25) is 0 Å². The lowest BCUT2D eigenvalue weighted by Gasteiger charge is -2.16. The van der Waals surface area contributed by atoms with Crippen molar-refractivity contribution in [3.8, 4) is 0 Å². The predicted molar refractivity (Wildman–Crippen MR) is 51.7 cm³/mol. The summed E-state index contributed by atoms with van der Waals surface area (Å²) in [6, 6.07) is 0. The van der Waals surface area contributed by atoms with Crippen molar-refractivity contribution >= 4 is 0 Å². The molecule has 0 amide bonds. The molecule has 0 aliphatic rings. The zero-order valence-corrected chi connectivity index (χ0v) is 8.22. The number of nitrogens with one attached hydrogen (secondary N) is 1. The fraction of sp³-hybridized carbons (Fsp3) is 0.800. The number of rotatable bonds is 5. The monoisotopic (exact) mass is 155 g/mol. The molecule has 0 aromatic heterocycles. The third-order valence-electron chi connectivity index (χ3n) is 2.11. The fourth-order valence-electron chi connectivity index (χ4n) is 1.05. The minimum Gasteiger partial charge on any atom is -0.317 e. The van der Waals surface area contributed by atoms with E-state index in [1.807, 2.05) is 0 Å². The molecule has 0 spiro atoms. The standard InChI is InChI=1S/C10H21N/c1-5-7-9(3)10(4)8-11-6-2/h5,7,9-11H,6,8H2,1-4H3/b7-5-. The van der Waals surface area contributed by atoms with E-state index in [0.29, 0.717) is 5.92 Å². The molecule has 1 heteroatoms. The van der Waals surface area contributed by atoms with Gasteiger partial charge in [0, 0.05) is 0 Å². The van der Waals surface area contributed by atoms with Gasteiger partial charge in [-0.2, -0.15) is 0 Å². The molecule has 0 aliphatic carbocycles. The minimum absolute atomic E-state index is 0.694. The van der Waals surface area contributed by atoms with Crippen molar-refractivity contribution in [3.63, 3.8) is 0 Å². The van der Waals surface area contributed by atoms with Crippen LogP contribution in [0.5, 0.6) is 0 Å². The van der Waals surface area contributed by atoms with Crippen molar-refractivity contribution in [2.75, 3.05) is 13.1 Å². The van der Waals surface area contributed by atoms with E-state index in [1.54, 1.807) is 0 Å². The molecule has 1 nitrogen and oxygen atoms in total. The van der Waals surface area contributed by atoms with Gasteiger partial charge < -0.3 is 5.32 Å². The van der Waals surface area contributed by atoms with Crippen LogP contribution in [0.1, 0.15) is 27.7 Å². The summed E-state index contributed by atoms with van der Waals surface area (Å²) in [5.41, 5.74) is 0. The Morgan fingerprint density at radius 1 is 1.36 bits per heavy atom. The molecule has 0 bridgehead atoms. The first-order valence-corrected chi connectivity index (χ1v) is 4.55. The Labute approximate surface area is 70.9 Å². The van der Waals surface area contributed by atoms with Crippen LogP contribution in [0.3, 0.4) is 0 Å². The highest BCUT2D eigenvalue weighted by Crippen LogP contribution is 2.10. The van der Waals surface area contributed by atoms with Gasteiger partial charge in [0.15, 0.2) is 0 Å². The molecule has 0 aromatic rings. The Morgan fingerprint density at radius 2 is 2.00 bits per heavy atom. The van der Waals surface area contributed by atoms with Crippen LogP contribution < -0.4 is 5.32 Å². The first-order chi connectivity index (χ1) is 5.22. The summed E-state index contributed by atoms with van der Waals surface area (Å²) >= 11 is 0. The van der Waals surface area contributed by atoms with E-state index in [4.69, 9.17) is 0 Å². The fourth-order valence-corrected chi connectivity index (χ4v) is 1.05. The molecular weight excluding hydrogens is 134 g/mol. The lowest BCUT2D eigenvalue weighted by Crippen LogP contribution is -2.24. The van der Waals surface area contributed by atoms with Gasteiger partial charge in [-0.25, -0.2) is 0 Å². The highest BCUT2D eigenvalue weighted by Gasteiger charge is 2.06. The molecule has 0 heterocycles. The molecule has 0 saturated heterocycles. The molecule has 0 saturated carbocycles. The number of hydrogen-bond acceptors (Lipinski definition) is 1. The Morgan fingerprint density at radius 3 is 2.45 bits per heavy atom. The molecule has 2 unspecified atom stereocenters. The van der Waals surface area contributed by atoms with Gasteiger partial charge in [-0.3, -0.25) is 0 Å². The molecule has 0 aliphatic heterocycles. The molecule has 2 atom stereocenters. The van der Waals surface area contributed by atoms with E-state index in [0.717, 1.165) is 19.0 Å². The summed E-state index contributed by atoms with van der Waals surface area (Å²) < 4.78 is 0. The smallest absolute Gasteiger partial charge is 0.00177 e. The second kappa shape index (κ2) is 6.41. The van der Waals surface area contributed by atoms with Gasteiger partial charge >= 0.3 is 0 Å². The van der Waals surface area contributed by atoms with Gasteiger partial charge in [0.25, 0.3) is 0 Å². The lowest BCUT2D eigenvalue weighted by atomic mass is 9.96. The molecule has 0 fully saturated rings. The van der Waals surface area contributed by atoms with Crippen molar-refractivity contribution in [1.82, 2.24) is 5.32 Å². The van der Waals surface area contributed by atoms with Crippen molar-refractivity contribution in [2.24, 2.45) is 11.8 Å². The maximum absolute atomic E-state index is 3.35. The SMILES string of the molecule is C/C=C\C(C)C(C)CNCC. The zero-order valence-electron chi connectivity index (χ0n) is 8.22. The molecule has 0 radical (unpaired) electrons. The largest absolute Gasteiger partial charge is 0.317 e. The van der Waals surface area contributed by atoms with Crippen LogP contribution in [-0.2, 0) is 0 Å². The minimum atomic E-state index is 0.694. The lowest BCUT2D eigenvalue weighted by molar-refractivity contribution is 0.430. The molecular formula is C10H21N. The Hall–Kier alpha value is -0.300. The van der Waals surface area contributed by atoms with Gasteiger partial charge in [0.1, 0.15) is 0 Å². The van der Waals surface area contributed by atoms with Crippen LogP contribution in [0.15, 0.2) is 12.2 Å². The van der Waals surface area contributed by atoms with Crippen LogP contribution in [0.25, 0.3) is 0 Å². The average Bonchev–Trinajstić information content (AvgIpc) is 2.00. The van der Waals surface area contributed by atoms with E-state index in [1.165, 1.54) is 0 Å². The summed E-state index contributed by atoms with van der Waals surface area (Å²) in [6.07, 6.45) is 4.40. The second-order valence-electron chi connectivity index (χ2n) is 3.17. The third-order valence-corrected chi connectivity index (χ3v) is 2.11. The molecule has 1 N–H and O–H groups in total. The van der Waals surface area contributed by atoms with Crippen LogP contribution >= 0.6 is 0 Å². The first kappa shape index (κ1) is 10.7. The summed E-state index contributed by atoms with van der Waals surface area (Å²) in [6.45, 7) is 11.0. The Bertz CT molecular complexity index is 107. The summed E-state index contributed by atoms with van der Waals surface area (Å²) in [7, 11) is 0. The molecule has 0 rings (SSSR count). The topological polar surface area (TPSA) is 12.0 Å². The van der Waals surface area contributed by atoms with E-state index >= 15 is 0 Å². The summed E-state index contributed by atoms with van der Waals surface area (Å²) in [5, 5.41) is 3.35. The van der Waals surface area contributed by atoms with E-state index in [9.17, 15) is 0 Å².